The van der Waals surface area contributed by atoms with Crippen LogP contribution in [0.1, 0.15) is 25.3 Å². The second kappa shape index (κ2) is 6.51. The summed E-state index contributed by atoms with van der Waals surface area (Å²) in [4.78, 5) is 0. The predicted molar refractivity (Wildman–Crippen MR) is 60.6 cm³/mol. The fraction of sp³-hybridized carbons (Fsp3) is 0.500. The van der Waals surface area contributed by atoms with Crippen LogP contribution in [0, 0.1) is 11.6 Å². The van der Waals surface area contributed by atoms with Crippen LogP contribution in [0.4, 0.5) is 8.78 Å². The van der Waals surface area contributed by atoms with Gasteiger partial charge in [-0.2, -0.15) is 0 Å². The van der Waals surface area contributed by atoms with Gasteiger partial charge in [-0.15, -0.1) is 0 Å². The van der Waals surface area contributed by atoms with Crippen LogP contribution in [-0.4, -0.2) is 22.9 Å². The number of phenolic OH excluding ortho intramolecular Hbond substituents is 1. The Bertz CT molecular complexity index is 347. The van der Waals surface area contributed by atoms with Crippen molar-refractivity contribution in [3.05, 3.63) is 29.3 Å². The van der Waals surface area contributed by atoms with Gasteiger partial charge in [0, 0.05) is 6.54 Å². The van der Waals surface area contributed by atoms with Gasteiger partial charge >= 0.3 is 0 Å². The van der Waals surface area contributed by atoms with Crippen molar-refractivity contribution in [2.45, 2.75) is 32.4 Å². The number of rotatable bonds is 6. The molecule has 0 fully saturated rings. The molecule has 1 atom stereocenters. The quantitative estimate of drug-likeness (QED) is 0.671. The van der Waals surface area contributed by atoms with Crippen molar-refractivity contribution in [2.75, 3.05) is 6.54 Å². The smallest absolute Gasteiger partial charge is 0.187 e. The van der Waals surface area contributed by atoms with Gasteiger partial charge in [-0.3, -0.25) is 0 Å². The number of hydrogen-bond donors (Lipinski definition) is 3. The molecule has 0 radical (unpaired) electrons. The van der Waals surface area contributed by atoms with E-state index in [-0.39, 0.29) is 6.10 Å². The van der Waals surface area contributed by atoms with Crippen LogP contribution < -0.4 is 5.32 Å². The Kier molecular flexibility index (Phi) is 5.31. The Hall–Kier alpha value is -1.20. The normalized spacial score (nSPS) is 12.7. The van der Waals surface area contributed by atoms with Crippen LogP contribution in [0.15, 0.2) is 12.1 Å². The number of aromatic hydroxyl groups is 1. The Labute approximate surface area is 99.1 Å². The molecule has 0 spiro atoms. The number of benzene rings is 1. The van der Waals surface area contributed by atoms with E-state index >= 15 is 0 Å². The van der Waals surface area contributed by atoms with Crippen LogP contribution in [-0.2, 0) is 6.54 Å². The molecule has 0 bridgehead atoms. The first-order valence-electron chi connectivity index (χ1n) is 5.56. The van der Waals surface area contributed by atoms with Gasteiger partial charge in [0.15, 0.2) is 17.4 Å². The molecule has 0 saturated carbocycles. The van der Waals surface area contributed by atoms with Crippen LogP contribution >= 0.6 is 0 Å². The number of aliphatic hydroxyl groups excluding tert-OH is 1. The average Bonchev–Trinajstić information content (AvgIpc) is 2.25. The van der Waals surface area contributed by atoms with Crippen molar-refractivity contribution in [3.8, 4) is 5.75 Å². The molecule has 0 amide bonds. The molecular formula is C12H17F2NO2. The molecule has 17 heavy (non-hydrogen) atoms. The monoisotopic (exact) mass is 245 g/mol. The summed E-state index contributed by atoms with van der Waals surface area (Å²) in [6, 6.07) is 2.19. The first-order chi connectivity index (χ1) is 8.00. The van der Waals surface area contributed by atoms with E-state index < -0.39 is 17.4 Å². The number of halogens is 2. The molecule has 1 unspecified atom stereocenters. The molecule has 3 nitrogen and oxygen atoms in total. The Balaban J connectivity index is 2.37. The number of phenols is 1. The van der Waals surface area contributed by atoms with Gasteiger partial charge in [-0.25, -0.2) is 8.78 Å². The van der Waals surface area contributed by atoms with Crippen molar-refractivity contribution in [2.24, 2.45) is 0 Å². The third-order valence-electron chi connectivity index (χ3n) is 2.38. The summed E-state index contributed by atoms with van der Waals surface area (Å²) in [7, 11) is 0. The molecule has 96 valence electrons. The van der Waals surface area contributed by atoms with E-state index in [4.69, 9.17) is 10.2 Å². The first-order valence-corrected chi connectivity index (χ1v) is 5.56. The molecule has 0 saturated heterocycles. The highest BCUT2D eigenvalue weighted by Crippen LogP contribution is 2.21. The SMILES string of the molecule is CC(O)CCCNCc1cc(F)c(O)c(F)c1. The van der Waals surface area contributed by atoms with E-state index in [1.807, 2.05) is 0 Å². The van der Waals surface area contributed by atoms with Crippen molar-refractivity contribution >= 4 is 0 Å². The van der Waals surface area contributed by atoms with Gasteiger partial charge in [0.1, 0.15) is 0 Å². The minimum Gasteiger partial charge on any atom is -0.503 e. The van der Waals surface area contributed by atoms with Crippen LogP contribution in [0.25, 0.3) is 0 Å². The molecule has 3 N–H and O–H groups in total. The molecule has 0 aromatic heterocycles. The average molecular weight is 245 g/mol. The Morgan fingerprint density at radius 2 is 1.88 bits per heavy atom. The van der Waals surface area contributed by atoms with Crippen LogP contribution in [0.3, 0.4) is 0 Å². The number of nitrogens with one attached hydrogen (secondary N) is 1. The second-order valence-electron chi connectivity index (χ2n) is 4.08. The van der Waals surface area contributed by atoms with Gasteiger partial charge in [-0.1, -0.05) is 0 Å². The third kappa shape index (κ3) is 4.66. The van der Waals surface area contributed by atoms with Gasteiger partial charge in [0.2, 0.25) is 0 Å². The van der Waals surface area contributed by atoms with E-state index in [1.54, 1.807) is 6.92 Å². The van der Waals surface area contributed by atoms with Crippen LogP contribution in [0.2, 0.25) is 0 Å². The summed E-state index contributed by atoms with van der Waals surface area (Å²) >= 11 is 0. The predicted octanol–water partition coefficient (Wildman–Crippen LogP) is 1.92. The van der Waals surface area contributed by atoms with Crippen molar-refractivity contribution in [1.29, 1.82) is 0 Å². The standard InChI is InChI=1S/C12H17F2NO2/c1-8(16)3-2-4-15-7-9-5-10(13)12(17)11(14)6-9/h5-6,8,15-17H,2-4,7H2,1H3. The van der Waals surface area contributed by atoms with Crippen molar-refractivity contribution in [3.63, 3.8) is 0 Å². The molecule has 1 rings (SSSR count). The topological polar surface area (TPSA) is 52.5 Å². The van der Waals surface area contributed by atoms with E-state index in [9.17, 15) is 8.78 Å². The lowest BCUT2D eigenvalue weighted by Crippen LogP contribution is -2.16. The van der Waals surface area contributed by atoms with E-state index in [2.05, 4.69) is 5.32 Å². The highest BCUT2D eigenvalue weighted by atomic mass is 19.1. The third-order valence-corrected chi connectivity index (χ3v) is 2.38. The van der Waals surface area contributed by atoms with Gasteiger partial charge < -0.3 is 15.5 Å². The van der Waals surface area contributed by atoms with E-state index in [0.717, 1.165) is 18.6 Å². The summed E-state index contributed by atoms with van der Waals surface area (Å²) in [5.41, 5.74) is 0.440. The second-order valence-corrected chi connectivity index (χ2v) is 4.08. The van der Waals surface area contributed by atoms with Crippen LogP contribution in [0.5, 0.6) is 5.75 Å². The van der Waals surface area contributed by atoms with E-state index in [0.29, 0.717) is 25.1 Å². The van der Waals surface area contributed by atoms with Gasteiger partial charge in [0.25, 0.3) is 0 Å². The van der Waals surface area contributed by atoms with Crippen molar-refractivity contribution in [1.82, 2.24) is 5.32 Å². The summed E-state index contributed by atoms with van der Waals surface area (Å²) in [6.07, 6.45) is 1.15. The highest BCUT2D eigenvalue weighted by Gasteiger charge is 2.08. The zero-order chi connectivity index (χ0) is 12.8. The summed E-state index contributed by atoms with van der Waals surface area (Å²) in [5, 5.41) is 20.9. The summed E-state index contributed by atoms with van der Waals surface area (Å²) in [5.74, 6) is -2.85. The fourth-order valence-corrected chi connectivity index (χ4v) is 1.48. The molecule has 0 aliphatic heterocycles. The number of hydrogen-bond acceptors (Lipinski definition) is 3. The summed E-state index contributed by atoms with van der Waals surface area (Å²) in [6.45, 7) is 2.70. The maximum absolute atomic E-state index is 13.0. The maximum atomic E-state index is 13.0. The minimum atomic E-state index is -0.953. The zero-order valence-corrected chi connectivity index (χ0v) is 9.71. The lowest BCUT2D eigenvalue weighted by atomic mass is 10.2. The fourth-order valence-electron chi connectivity index (χ4n) is 1.48. The zero-order valence-electron chi connectivity index (χ0n) is 9.71. The molecule has 1 aromatic rings. The molecule has 0 aliphatic carbocycles. The van der Waals surface area contributed by atoms with Crippen molar-refractivity contribution < 1.29 is 19.0 Å². The lowest BCUT2D eigenvalue weighted by Gasteiger charge is -2.07. The van der Waals surface area contributed by atoms with E-state index in [1.165, 1.54) is 0 Å². The molecule has 0 heterocycles. The molecule has 5 heteroatoms. The summed E-state index contributed by atoms with van der Waals surface area (Å²) < 4.78 is 25.9. The number of aliphatic hydroxyl groups is 1. The lowest BCUT2D eigenvalue weighted by molar-refractivity contribution is 0.181. The van der Waals surface area contributed by atoms with Gasteiger partial charge in [-0.05, 0) is 44.0 Å². The molecule has 0 aliphatic rings. The largest absolute Gasteiger partial charge is 0.503 e. The molecular weight excluding hydrogens is 228 g/mol. The minimum absolute atomic E-state index is 0.327. The first kappa shape index (κ1) is 13.9. The molecule has 1 aromatic carbocycles. The maximum Gasteiger partial charge on any atom is 0.187 e. The Morgan fingerprint density at radius 3 is 2.41 bits per heavy atom. The van der Waals surface area contributed by atoms with Gasteiger partial charge in [0.05, 0.1) is 6.10 Å². The Morgan fingerprint density at radius 1 is 1.29 bits per heavy atom. The highest BCUT2D eigenvalue weighted by molar-refractivity contribution is 5.29.